The second-order valence-electron chi connectivity index (χ2n) is 6.56. The van der Waals surface area contributed by atoms with Gasteiger partial charge in [-0.25, -0.2) is 0 Å². The predicted molar refractivity (Wildman–Crippen MR) is 76.0 cm³/mol. The molecule has 0 aromatic heterocycles. The van der Waals surface area contributed by atoms with Crippen molar-refractivity contribution in [3.05, 3.63) is 34.9 Å². The molecule has 0 spiro atoms. The van der Waals surface area contributed by atoms with E-state index in [1.54, 1.807) is 6.92 Å². The van der Waals surface area contributed by atoms with Crippen molar-refractivity contribution in [1.82, 2.24) is 0 Å². The Kier molecular flexibility index (Phi) is 2.93. The van der Waals surface area contributed by atoms with Crippen LogP contribution in [0.5, 0.6) is 0 Å². The standard InChI is InChI=1S/C17H21NO2/c1-11-6-12(2)8-13(7-11)16(3,19)17(10-18)9-14-4-5-15(17)20-14/h6-8,14-15,19H,4-5,9H2,1-3H3. The van der Waals surface area contributed by atoms with Crippen molar-refractivity contribution in [2.75, 3.05) is 0 Å². The van der Waals surface area contributed by atoms with Gasteiger partial charge in [-0.05, 0) is 45.6 Å². The lowest BCUT2D eigenvalue weighted by molar-refractivity contribution is -0.0774. The molecule has 3 rings (SSSR count). The minimum atomic E-state index is -1.18. The summed E-state index contributed by atoms with van der Waals surface area (Å²) in [6.07, 6.45) is 2.51. The van der Waals surface area contributed by atoms with Gasteiger partial charge in [-0.3, -0.25) is 0 Å². The summed E-state index contributed by atoms with van der Waals surface area (Å²) in [7, 11) is 0. The average molecular weight is 271 g/mol. The van der Waals surface area contributed by atoms with Gasteiger partial charge >= 0.3 is 0 Å². The number of aliphatic hydroxyl groups is 1. The SMILES string of the molecule is Cc1cc(C)cc(C(C)(O)C2(C#N)CC3CCC2O3)c1. The molecule has 1 aromatic carbocycles. The molecule has 2 saturated heterocycles. The Labute approximate surface area is 120 Å². The summed E-state index contributed by atoms with van der Waals surface area (Å²) < 4.78 is 5.86. The van der Waals surface area contributed by atoms with Crippen LogP contribution in [0, 0.1) is 30.6 Å². The van der Waals surface area contributed by atoms with E-state index in [1.807, 2.05) is 26.0 Å². The number of benzene rings is 1. The average Bonchev–Trinajstić information content (AvgIpc) is 2.98. The largest absolute Gasteiger partial charge is 0.384 e. The number of hydrogen-bond acceptors (Lipinski definition) is 3. The molecule has 0 aliphatic carbocycles. The van der Waals surface area contributed by atoms with Crippen LogP contribution >= 0.6 is 0 Å². The van der Waals surface area contributed by atoms with E-state index in [2.05, 4.69) is 12.1 Å². The van der Waals surface area contributed by atoms with Gasteiger partial charge in [0.1, 0.15) is 11.0 Å². The van der Waals surface area contributed by atoms with Crippen LogP contribution in [0.15, 0.2) is 18.2 Å². The molecule has 3 nitrogen and oxygen atoms in total. The maximum absolute atomic E-state index is 11.2. The summed E-state index contributed by atoms with van der Waals surface area (Å²) in [5.41, 5.74) is 1.04. The third-order valence-corrected chi connectivity index (χ3v) is 5.06. The number of nitriles is 1. The van der Waals surface area contributed by atoms with Crippen LogP contribution in [0.1, 0.15) is 42.9 Å². The minimum absolute atomic E-state index is 0.136. The molecular weight excluding hydrogens is 250 g/mol. The molecule has 0 radical (unpaired) electrons. The summed E-state index contributed by atoms with van der Waals surface area (Å²) in [4.78, 5) is 0. The monoisotopic (exact) mass is 271 g/mol. The van der Waals surface area contributed by atoms with Crippen molar-refractivity contribution >= 4 is 0 Å². The molecule has 106 valence electrons. The van der Waals surface area contributed by atoms with E-state index in [9.17, 15) is 10.4 Å². The van der Waals surface area contributed by atoms with Gasteiger partial charge in [0.2, 0.25) is 0 Å². The highest BCUT2D eigenvalue weighted by molar-refractivity contribution is 5.37. The van der Waals surface area contributed by atoms with Gasteiger partial charge in [-0.1, -0.05) is 29.3 Å². The number of hydrogen-bond donors (Lipinski definition) is 1. The second kappa shape index (κ2) is 4.31. The van der Waals surface area contributed by atoms with Gasteiger partial charge in [0.15, 0.2) is 0 Å². The van der Waals surface area contributed by atoms with Crippen molar-refractivity contribution in [3.63, 3.8) is 0 Å². The van der Waals surface area contributed by atoms with Gasteiger partial charge in [-0.2, -0.15) is 5.26 Å². The van der Waals surface area contributed by atoms with Gasteiger partial charge in [0.05, 0.1) is 18.3 Å². The Balaban J connectivity index is 2.08. The maximum Gasteiger partial charge on any atom is 0.118 e. The summed E-state index contributed by atoms with van der Waals surface area (Å²) in [5.74, 6) is 0. The molecule has 1 aromatic rings. The highest BCUT2D eigenvalue weighted by Crippen LogP contribution is 2.56. The first-order valence-electron chi connectivity index (χ1n) is 7.27. The molecule has 2 aliphatic heterocycles. The molecule has 2 bridgehead atoms. The number of nitrogens with zero attached hydrogens (tertiary/aromatic N) is 1. The van der Waals surface area contributed by atoms with E-state index in [-0.39, 0.29) is 12.2 Å². The first-order valence-corrected chi connectivity index (χ1v) is 7.27. The lowest BCUT2D eigenvalue weighted by Gasteiger charge is -2.42. The molecule has 3 heteroatoms. The van der Waals surface area contributed by atoms with Crippen molar-refractivity contribution in [2.24, 2.45) is 5.41 Å². The number of ether oxygens (including phenoxy) is 1. The molecule has 2 heterocycles. The van der Waals surface area contributed by atoms with Crippen LogP contribution in [-0.2, 0) is 10.3 Å². The Hall–Kier alpha value is -1.37. The van der Waals surface area contributed by atoms with E-state index in [0.29, 0.717) is 6.42 Å². The molecule has 20 heavy (non-hydrogen) atoms. The van der Waals surface area contributed by atoms with Gasteiger partial charge in [0.25, 0.3) is 0 Å². The van der Waals surface area contributed by atoms with Crippen LogP contribution < -0.4 is 0 Å². The number of rotatable bonds is 2. The smallest absolute Gasteiger partial charge is 0.118 e. The van der Waals surface area contributed by atoms with Crippen molar-refractivity contribution in [1.29, 1.82) is 5.26 Å². The lowest BCUT2D eigenvalue weighted by Crippen LogP contribution is -2.49. The summed E-state index contributed by atoms with van der Waals surface area (Å²) in [5, 5.41) is 21.0. The van der Waals surface area contributed by atoms with E-state index in [4.69, 9.17) is 4.74 Å². The third-order valence-electron chi connectivity index (χ3n) is 5.06. The highest BCUT2D eigenvalue weighted by atomic mass is 16.5. The zero-order valence-electron chi connectivity index (χ0n) is 12.3. The maximum atomic E-state index is 11.2. The topological polar surface area (TPSA) is 53.2 Å². The number of aryl methyl sites for hydroxylation is 2. The fourth-order valence-corrected chi connectivity index (χ4v) is 3.96. The lowest BCUT2D eigenvalue weighted by atomic mass is 9.62. The van der Waals surface area contributed by atoms with Crippen LogP contribution in [0.4, 0.5) is 0 Å². The van der Waals surface area contributed by atoms with Gasteiger partial charge in [0, 0.05) is 0 Å². The third kappa shape index (κ3) is 1.72. The second-order valence-corrected chi connectivity index (χ2v) is 6.56. The first-order chi connectivity index (χ1) is 9.39. The molecule has 0 saturated carbocycles. The molecule has 4 atom stereocenters. The molecule has 0 amide bonds. The van der Waals surface area contributed by atoms with Crippen molar-refractivity contribution in [2.45, 2.75) is 57.8 Å². The quantitative estimate of drug-likeness (QED) is 0.899. The number of fused-ring (bicyclic) bond motifs is 2. The first kappa shape index (κ1) is 13.6. The van der Waals surface area contributed by atoms with Crippen molar-refractivity contribution in [3.8, 4) is 6.07 Å². The normalized spacial score (nSPS) is 34.8. The molecule has 1 N–H and O–H groups in total. The van der Waals surface area contributed by atoms with Crippen LogP contribution in [-0.4, -0.2) is 17.3 Å². The fourth-order valence-electron chi connectivity index (χ4n) is 3.96. The molecule has 2 aliphatic rings. The van der Waals surface area contributed by atoms with E-state index in [0.717, 1.165) is 29.5 Å². The van der Waals surface area contributed by atoms with Gasteiger partial charge in [-0.15, -0.1) is 0 Å². The van der Waals surface area contributed by atoms with Crippen LogP contribution in [0.25, 0.3) is 0 Å². The van der Waals surface area contributed by atoms with E-state index < -0.39 is 11.0 Å². The zero-order chi connectivity index (χ0) is 14.5. The van der Waals surface area contributed by atoms with Crippen LogP contribution in [0.2, 0.25) is 0 Å². The highest BCUT2D eigenvalue weighted by Gasteiger charge is 2.62. The summed E-state index contributed by atoms with van der Waals surface area (Å²) in [6, 6.07) is 8.46. The Morgan fingerprint density at radius 3 is 2.40 bits per heavy atom. The Morgan fingerprint density at radius 1 is 1.30 bits per heavy atom. The zero-order valence-corrected chi connectivity index (χ0v) is 12.3. The van der Waals surface area contributed by atoms with Crippen molar-refractivity contribution < 1.29 is 9.84 Å². The molecule has 4 unspecified atom stereocenters. The van der Waals surface area contributed by atoms with E-state index in [1.165, 1.54) is 0 Å². The Morgan fingerprint density at radius 2 is 1.95 bits per heavy atom. The molecule has 2 fully saturated rings. The fraction of sp³-hybridized carbons (Fsp3) is 0.588. The van der Waals surface area contributed by atoms with E-state index >= 15 is 0 Å². The predicted octanol–water partition coefficient (Wildman–Crippen LogP) is 2.97. The summed E-state index contributed by atoms with van der Waals surface area (Å²) >= 11 is 0. The Bertz CT molecular complexity index is 567. The van der Waals surface area contributed by atoms with Gasteiger partial charge < -0.3 is 9.84 Å². The minimum Gasteiger partial charge on any atom is -0.384 e. The van der Waals surface area contributed by atoms with Crippen LogP contribution in [0.3, 0.4) is 0 Å². The molecular formula is C17H21NO2. The summed E-state index contributed by atoms with van der Waals surface area (Å²) in [6.45, 7) is 5.81.